The molecule has 0 unspecified atom stereocenters. The molecular formula is C13H18N2O2S. The Morgan fingerprint density at radius 3 is 2.33 bits per heavy atom. The highest BCUT2D eigenvalue weighted by Crippen LogP contribution is 2.20. The molecule has 5 heteroatoms. The van der Waals surface area contributed by atoms with Crippen molar-refractivity contribution in [3.8, 4) is 0 Å². The number of carbonyl (C=O) groups is 2. The standard InChI is InChI=1S/C13H18N2O2S/c1-9(2)14-13(17)8-18-12-6-4-11(5-7-12)15-10(3)16/h4-7,9H,8H2,1-3H3,(H,14,17)(H,15,16). The summed E-state index contributed by atoms with van der Waals surface area (Å²) in [6, 6.07) is 7.59. The van der Waals surface area contributed by atoms with Gasteiger partial charge >= 0.3 is 0 Å². The van der Waals surface area contributed by atoms with E-state index in [0.29, 0.717) is 5.75 Å². The van der Waals surface area contributed by atoms with Crippen LogP contribution in [0.1, 0.15) is 20.8 Å². The van der Waals surface area contributed by atoms with Crippen LogP contribution in [-0.4, -0.2) is 23.6 Å². The highest BCUT2D eigenvalue weighted by Gasteiger charge is 2.04. The molecule has 0 aliphatic heterocycles. The van der Waals surface area contributed by atoms with Gasteiger partial charge in [0.05, 0.1) is 5.75 Å². The normalized spacial score (nSPS) is 10.2. The van der Waals surface area contributed by atoms with Gasteiger partial charge in [-0.05, 0) is 38.1 Å². The predicted octanol–water partition coefficient (Wildman–Crippen LogP) is 2.26. The molecule has 0 heterocycles. The number of anilines is 1. The van der Waals surface area contributed by atoms with Crippen LogP contribution in [0, 0.1) is 0 Å². The van der Waals surface area contributed by atoms with Crippen molar-refractivity contribution in [3.05, 3.63) is 24.3 Å². The summed E-state index contributed by atoms with van der Waals surface area (Å²) in [5, 5.41) is 5.53. The Balaban J connectivity index is 2.44. The first-order valence-electron chi connectivity index (χ1n) is 5.77. The summed E-state index contributed by atoms with van der Waals surface area (Å²) in [4.78, 5) is 23.3. The molecule has 0 atom stereocenters. The third-order valence-electron chi connectivity index (χ3n) is 1.99. The minimum atomic E-state index is -0.0910. The van der Waals surface area contributed by atoms with Crippen LogP contribution in [0.5, 0.6) is 0 Å². The summed E-state index contributed by atoms with van der Waals surface area (Å²) < 4.78 is 0. The van der Waals surface area contributed by atoms with Crippen LogP contribution in [0.15, 0.2) is 29.2 Å². The van der Waals surface area contributed by atoms with Crippen LogP contribution in [0.4, 0.5) is 5.69 Å². The van der Waals surface area contributed by atoms with E-state index in [1.54, 1.807) is 0 Å². The highest BCUT2D eigenvalue weighted by molar-refractivity contribution is 8.00. The van der Waals surface area contributed by atoms with Crippen LogP contribution < -0.4 is 10.6 Å². The van der Waals surface area contributed by atoms with Gasteiger partial charge in [0.1, 0.15) is 0 Å². The third kappa shape index (κ3) is 5.72. The van der Waals surface area contributed by atoms with Gasteiger partial charge in [0, 0.05) is 23.5 Å². The van der Waals surface area contributed by atoms with Crippen LogP contribution >= 0.6 is 11.8 Å². The monoisotopic (exact) mass is 266 g/mol. The van der Waals surface area contributed by atoms with Crippen molar-refractivity contribution in [3.63, 3.8) is 0 Å². The molecule has 0 fully saturated rings. The number of benzene rings is 1. The van der Waals surface area contributed by atoms with Gasteiger partial charge in [-0.15, -0.1) is 11.8 Å². The van der Waals surface area contributed by atoms with E-state index in [9.17, 15) is 9.59 Å². The molecule has 1 rings (SSSR count). The maximum absolute atomic E-state index is 11.5. The lowest BCUT2D eigenvalue weighted by Crippen LogP contribution is -2.31. The number of rotatable bonds is 5. The molecule has 98 valence electrons. The minimum Gasteiger partial charge on any atom is -0.353 e. The van der Waals surface area contributed by atoms with Gasteiger partial charge in [0.2, 0.25) is 11.8 Å². The molecule has 1 aromatic carbocycles. The van der Waals surface area contributed by atoms with Gasteiger partial charge < -0.3 is 10.6 Å². The van der Waals surface area contributed by atoms with Crippen molar-refractivity contribution in [1.82, 2.24) is 5.32 Å². The summed E-state index contributed by atoms with van der Waals surface area (Å²) in [6.07, 6.45) is 0. The van der Waals surface area contributed by atoms with E-state index in [0.717, 1.165) is 10.6 Å². The first kappa shape index (κ1) is 14.6. The van der Waals surface area contributed by atoms with Crippen molar-refractivity contribution < 1.29 is 9.59 Å². The topological polar surface area (TPSA) is 58.2 Å². The lowest BCUT2D eigenvalue weighted by Gasteiger charge is -2.08. The smallest absolute Gasteiger partial charge is 0.230 e. The van der Waals surface area contributed by atoms with E-state index in [1.165, 1.54) is 18.7 Å². The second-order valence-corrected chi connectivity index (χ2v) is 5.27. The number of thioether (sulfide) groups is 1. The summed E-state index contributed by atoms with van der Waals surface area (Å²) in [5.74, 6) is 0.338. The molecule has 2 amide bonds. The second kappa shape index (κ2) is 7.06. The zero-order valence-corrected chi connectivity index (χ0v) is 11.6. The third-order valence-corrected chi connectivity index (χ3v) is 3.01. The SMILES string of the molecule is CC(=O)Nc1ccc(SCC(=O)NC(C)C)cc1. The van der Waals surface area contributed by atoms with Crippen LogP contribution in [0.3, 0.4) is 0 Å². The molecule has 0 spiro atoms. The second-order valence-electron chi connectivity index (χ2n) is 4.22. The van der Waals surface area contributed by atoms with Crippen molar-refractivity contribution in [2.75, 3.05) is 11.1 Å². The molecule has 4 nitrogen and oxygen atoms in total. The maximum atomic E-state index is 11.5. The largest absolute Gasteiger partial charge is 0.353 e. The van der Waals surface area contributed by atoms with Crippen molar-refractivity contribution in [1.29, 1.82) is 0 Å². The van der Waals surface area contributed by atoms with Gasteiger partial charge in [0.15, 0.2) is 0 Å². The number of nitrogens with one attached hydrogen (secondary N) is 2. The Kier molecular flexibility index (Phi) is 5.71. The fourth-order valence-corrected chi connectivity index (χ4v) is 2.06. The fourth-order valence-electron chi connectivity index (χ4n) is 1.35. The molecule has 0 radical (unpaired) electrons. The Morgan fingerprint density at radius 2 is 1.83 bits per heavy atom. The van der Waals surface area contributed by atoms with Gasteiger partial charge in [0.25, 0.3) is 0 Å². The Labute approximate surface area is 112 Å². The first-order chi connectivity index (χ1) is 8.47. The van der Waals surface area contributed by atoms with Crippen LogP contribution in [0.2, 0.25) is 0 Å². The molecule has 1 aromatic rings. The van der Waals surface area contributed by atoms with Gasteiger partial charge in [-0.25, -0.2) is 0 Å². The summed E-state index contributed by atoms with van der Waals surface area (Å²) in [6.45, 7) is 5.34. The van der Waals surface area contributed by atoms with Crippen molar-refractivity contribution >= 4 is 29.3 Å². The van der Waals surface area contributed by atoms with Crippen molar-refractivity contribution in [2.45, 2.75) is 31.7 Å². The number of hydrogen-bond donors (Lipinski definition) is 2. The van der Waals surface area contributed by atoms with E-state index in [2.05, 4.69) is 10.6 Å². The zero-order valence-electron chi connectivity index (χ0n) is 10.8. The number of carbonyl (C=O) groups excluding carboxylic acids is 2. The average Bonchev–Trinajstić information content (AvgIpc) is 2.26. The molecule has 0 saturated carbocycles. The zero-order chi connectivity index (χ0) is 13.5. The molecular weight excluding hydrogens is 248 g/mol. The Morgan fingerprint density at radius 1 is 1.22 bits per heavy atom. The van der Waals surface area contributed by atoms with E-state index in [4.69, 9.17) is 0 Å². The molecule has 0 aliphatic rings. The number of hydrogen-bond acceptors (Lipinski definition) is 3. The van der Waals surface area contributed by atoms with E-state index < -0.39 is 0 Å². The van der Waals surface area contributed by atoms with Gasteiger partial charge in [-0.2, -0.15) is 0 Å². The van der Waals surface area contributed by atoms with Gasteiger partial charge in [-0.3, -0.25) is 9.59 Å². The minimum absolute atomic E-state index is 0.0286. The molecule has 0 aromatic heterocycles. The Bertz CT molecular complexity index is 416. The Hall–Kier alpha value is -1.49. The lowest BCUT2D eigenvalue weighted by molar-refractivity contribution is -0.119. The predicted molar refractivity (Wildman–Crippen MR) is 74.7 cm³/mol. The fraction of sp³-hybridized carbons (Fsp3) is 0.385. The van der Waals surface area contributed by atoms with E-state index >= 15 is 0 Å². The molecule has 0 saturated heterocycles. The van der Waals surface area contributed by atoms with Crippen molar-refractivity contribution in [2.24, 2.45) is 0 Å². The van der Waals surface area contributed by atoms with E-state index in [-0.39, 0.29) is 17.9 Å². The number of amides is 2. The summed E-state index contributed by atoms with van der Waals surface area (Å²) >= 11 is 1.47. The molecule has 0 bridgehead atoms. The van der Waals surface area contributed by atoms with Gasteiger partial charge in [-0.1, -0.05) is 0 Å². The van der Waals surface area contributed by atoms with Crippen LogP contribution in [-0.2, 0) is 9.59 Å². The molecule has 2 N–H and O–H groups in total. The highest BCUT2D eigenvalue weighted by atomic mass is 32.2. The molecule has 18 heavy (non-hydrogen) atoms. The molecule has 0 aliphatic carbocycles. The summed E-state index contributed by atoms with van der Waals surface area (Å²) in [7, 11) is 0. The lowest BCUT2D eigenvalue weighted by atomic mass is 10.3. The maximum Gasteiger partial charge on any atom is 0.230 e. The average molecular weight is 266 g/mol. The summed E-state index contributed by atoms with van der Waals surface area (Å²) in [5.41, 5.74) is 0.762. The first-order valence-corrected chi connectivity index (χ1v) is 6.75. The van der Waals surface area contributed by atoms with Crippen LogP contribution in [0.25, 0.3) is 0 Å². The quantitative estimate of drug-likeness (QED) is 0.804. The van der Waals surface area contributed by atoms with E-state index in [1.807, 2.05) is 38.1 Å².